The average Bonchev–Trinajstić information content (AvgIpc) is 3.10. The lowest BCUT2D eigenvalue weighted by atomic mass is 10.2. The molecule has 0 bridgehead atoms. The first kappa shape index (κ1) is 15.3. The molecule has 1 aliphatic heterocycles. The Kier molecular flexibility index (Phi) is 3.86. The molecule has 0 amide bonds. The number of hydrogen-bond donors (Lipinski definition) is 3. The van der Waals surface area contributed by atoms with Crippen molar-refractivity contribution < 1.29 is 4.92 Å². The maximum Gasteiger partial charge on any atom is 0.311 e. The molecule has 3 N–H and O–H groups in total. The molecule has 1 fully saturated rings. The van der Waals surface area contributed by atoms with Crippen molar-refractivity contribution in [1.82, 2.24) is 25.7 Å². The van der Waals surface area contributed by atoms with Crippen LogP contribution in [0.25, 0.3) is 11.0 Å². The quantitative estimate of drug-likeness (QED) is 0.481. The van der Waals surface area contributed by atoms with Crippen LogP contribution < -0.4 is 15.5 Å². The second kappa shape index (κ2) is 6.32. The van der Waals surface area contributed by atoms with Crippen LogP contribution in [0.2, 0.25) is 0 Å². The fourth-order valence-corrected chi connectivity index (χ4v) is 2.81. The van der Waals surface area contributed by atoms with E-state index in [4.69, 9.17) is 0 Å². The van der Waals surface area contributed by atoms with Crippen molar-refractivity contribution >= 4 is 34.0 Å². The molecule has 4 rings (SSSR count). The van der Waals surface area contributed by atoms with E-state index in [1.165, 1.54) is 6.07 Å². The maximum absolute atomic E-state index is 11.3. The van der Waals surface area contributed by atoms with Gasteiger partial charge in [0.25, 0.3) is 0 Å². The van der Waals surface area contributed by atoms with Gasteiger partial charge in [0.05, 0.1) is 4.92 Å². The van der Waals surface area contributed by atoms with Crippen LogP contribution in [0.1, 0.15) is 0 Å². The van der Waals surface area contributed by atoms with Crippen LogP contribution in [0.5, 0.6) is 0 Å². The summed E-state index contributed by atoms with van der Waals surface area (Å²) in [4.78, 5) is 17.5. The molecule has 1 aromatic carbocycles. The molecule has 3 aromatic rings. The molecule has 0 atom stereocenters. The molecule has 128 valence electrons. The number of aromatic amines is 1. The van der Waals surface area contributed by atoms with E-state index in [9.17, 15) is 10.1 Å². The van der Waals surface area contributed by atoms with Gasteiger partial charge in [-0.1, -0.05) is 0 Å². The van der Waals surface area contributed by atoms with E-state index in [2.05, 4.69) is 35.9 Å². The van der Waals surface area contributed by atoms with E-state index in [-0.39, 0.29) is 11.5 Å². The van der Waals surface area contributed by atoms with E-state index in [0.717, 1.165) is 37.5 Å². The third-order valence-corrected chi connectivity index (χ3v) is 4.08. The van der Waals surface area contributed by atoms with Gasteiger partial charge in [-0.25, -0.2) is 4.98 Å². The summed E-state index contributed by atoms with van der Waals surface area (Å²) in [6, 6.07) is 8.51. The molecule has 10 heteroatoms. The minimum atomic E-state index is -0.439. The average molecular weight is 340 g/mol. The van der Waals surface area contributed by atoms with Crippen LogP contribution in [0.4, 0.5) is 23.0 Å². The first-order valence-electron chi connectivity index (χ1n) is 7.89. The second-order valence-corrected chi connectivity index (χ2v) is 5.68. The number of pyridine rings is 1. The van der Waals surface area contributed by atoms with Crippen molar-refractivity contribution in [2.24, 2.45) is 0 Å². The molecule has 0 saturated carbocycles. The predicted molar refractivity (Wildman–Crippen MR) is 93.1 cm³/mol. The fraction of sp³-hybridized carbons (Fsp3) is 0.267. The van der Waals surface area contributed by atoms with Gasteiger partial charge in [0.1, 0.15) is 16.9 Å². The topological polar surface area (TPSA) is 125 Å². The van der Waals surface area contributed by atoms with E-state index in [1.807, 2.05) is 0 Å². The molecule has 0 unspecified atom stereocenters. The van der Waals surface area contributed by atoms with Gasteiger partial charge in [-0.3, -0.25) is 10.1 Å². The zero-order chi connectivity index (χ0) is 17.2. The van der Waals surface area contributed by atoms with Gasteiger partial charge in [0.15, 0.2) is 0 Å². The first-order chi connectivity index (χ1) is 12.2. The Labute approximate surface area is 142 Å². The molecular weight excluding hydrogens is 324 g/mol. The molecule has 10 nitrogen and oxygen atoms in total. The zero-order valence-electron chi connectivity index (χ0n) is 13.3. The number of piperazine rings is 1. The molecule has 0 radical (unpaired) electrons. The SMILES string of the molecule is O=[N+]([O-])c1ccc(N2CCNCC2)nc1Nc1ccc2n[nH]nc2c1. The van der Waals surface area contributed by atoms with Crippen molar-refractivity contribution in [2.75, 3.05) is 36.4 Å². The van der Waals surface area contributed by atoms with E-state index >= 15 is 0 Å². The minimum absolute atomic E-state index is 0.0702. The van der Waals surface area contributed by atoms with Crippen molar-refractivity contribution in [3.8, 4) is 0 Å². The van der Waals surface area contributed by atoms with E-state index in [0.29, 0.717) is 11.2 Å². The van der Waals surface area contributed by atoms with Crippen molar-refractivity contribution in [3.05, 3.63) is 40.4 Å². The van der Waals surface area contributed by atoms with Crippen molar-refractivity contribution in [1.29, 1.82) is 0 Å². The number of aromatic nitrogens is 4. The van der Waals surface area contributed by atoms with Gasteiger partial charge in [0.2, 0.25) is 5.82 Å². The Hall–Kier alpha value is -3.27. The highest BCUT2D eigenvalue weighted by molar-refractivity contribution is 5.80. The Morgan fingerprint density at radius 2 is 1.92 bits per heavy atom. The lowest BCUT2D eigenvalue weighted by Crippen LogP contribution is -2.43. The lowest BCUT2D eigenvalue weighted by molar-refractivity contribution is -0.384. The highest BCUT2D eigenvalue weighted by Gasteiger charge is 2.20. The van der Waals surface area contributed by atoms with Crippen LogP contribution in [0.15, 0.2) is 30.3 Å². The van der Waals surface area contributed by atoms with Crippen LogP contribution in [0, 0.1) is 10.1 Å². The summed E-state index contributed by atoms with van der Waals surface area (Å²) < 4.78 is 0. The van der Waals surface area contributed by atoms with Gasteiger partial charge < -0.3 is 15.5 Å². The Morgan fingerprint density at radius 1 is 1.12 bits per heavy atom. The van der Waals surface area contributed by atoms with Gasteiger partial charge in [-0.15, -0.1) is 0 Å². The molecule has 0 spiro atoms. The summed E-state index contributed by atoms with van der Waals surface area (Å²) in [5, 5.41) is 28.2. The summed E-state index contributed by atoms with van der Waals surface area (Å²) in [5.41, 5.74) is 1.99. The van der Waals surface area contributed by atoms with Crippen LogP contribution in [-0.2, 0) is 0 Å². The predicted octanol–water partition coefficient (Wildman–Crippen LogP) is 1.41. The highest BCUT2D eigenvalue weighted by Crippen LogP contribution is 2.29. The van der Waals surface area contributed by atoms with Crippen molar-refractivity contribution in [2.45, 2.75) is 0 Å². The molecule has 0 aliphatic carbocycles. The monoisotopic (exact) mass is 340 g/mol. The zero-order valence-corrected chi connectivity index (χ0v) is 13.3. The summed E-state index contributed by atoms with van der Waals surface area (Å²) in [7, 11) is 0. The summed E-state index contributed by atoms with van der Waals surface area (Å²) in [6.07, 6.45) is 0. The number of nitrogens with zero attached hydrogens (tertiary/aromatic N) is 5. The first-order valence-corrected chi connectivity index (χ1v) is 7.89. The Balaban J connectivity index is 1.68. The summed E-state index contributed by atoms with van der Waals surface area (Å²) >= 11 is 0. The molecule has 25 heavy (non-hydrogen) atoms. The molecule has 1 saturated heterocycles. The number of benzene rings is 1. The number of rotatable bonds is 4. The summed E-state index contributed by atoms with van der Waals surface area (Å²) in [5.74, 6) is 0.931. The summed E-state index contributed by atoms with van der Waals surface area (Å²) in [6.45, 7) is 3.36. The fourth-order valence-electron chi connectivity index (χ4n) is 2.81. The normalized spacial score (nSPS) is 14.6. The maximum atomic E-state index is 11.3. The Bertz CT molecular complexity index is 919. The smallest absolute Gasteiger partial charge is 0.311 e. The molecular formula is C15H16N8O2. The van der Waals surface area contributed by atoms with Crippen LogP contribution in [0.3, 0.4) is 0 Å². The van der Waals surface area contributed by atoms with Crippen molar-refractivity contribution in [3.63, 3.8) is 0 Å². The number of H-pyrrole nitrogens is 1. The lowest BCUT2D eigenvalue weighted by Gasteiger charge is -2.28. The largest absolute Gasteiger partial charge is 0.354 e. The number of anilines is 3. The second-order valence-electron chi connectivity index (χ2n) is 5.68. The standard InChI is InChI=1S/C15H16N8O2/c24-23(25)13-3-4-14(22-7-5-16-6-8-22)18-15(13)17-10-1-2-11-12(9-10)20-21-19-11/h1-4,9,16H,5-8H2,(H,17,18)(H,19,20,21). The van der Waals surface area contributed by atoms with E-state index in [1.54, 1.807) is 24.3 Å². The number of nitrogens with one attached hydrogen (secondary N) is 3. The minimum Gasteiger partial charge on any atom is -0.354 e. The Morgan fingerprint density at radius 3 is 2.72 bits per heavy atom. The van der Waals surface area contributed by atoms with E-state index < -0.39 is 4.92 Å². The van der Waals surface area contributed by atoms with Crippen LogP contribution in [-0.4, -0.2) is 51.5 Å². The van der Waals surface area contributed by atoms with Gasteiger partial charge >= 0.3 is 5.69 Å². The molecule has 2 aromatic heterocycles. The van der Waals surface area contributed by atoms with Gasteiger partial charge in [0, 0.05) is 37.9 Å². The molecule has 3 heterocycles. The third-order valence-electron chi connectivity index (χ3n) is 4.08. The molecule has 1 aliphatic rings. The van der Waals surface area contributed by atoms with Gasteiger partial charge in [-0.05, 0) is 24.3 Å². The number of hydrogen-bond acceptors (Lipinski definition) is 8. The number of nitro groups is 1. The van der Waals surface area contributed by atoms with Gasteiger partial charge in [-0.2, -0.15) is 15.4 Å². The highest BCUT2D eigenvalue weighted by atomic mass is 16.6. The number of fused-ring (bicyclic) bond motifs is 1. The van der Waals surface area contributed by atoms with Crippen LogP contribution >= 0.6 is 0 Å². The third kappa shape index (κ3) is 3.06.